The van der Waals surface area contributed by atoms with Gasteiger partial charge in [0.15, 0.2) is 0 Å². The number of hydrogen-bond acceptors (Lipinski definition) is 4. The molecule has 0 aliphatic rings. The number of nitrogens with zero attached hydrogens (tertiary/aromatic N) is 2. The van der Waals surface area contributed by atoms with E-state index in [1.165, 1.54) is 35.9 Å². The van der Waals surface area contributed by atoms with Gasteiger partial charge in [0, 0.05) is 22.0 Å². The minimum atomic E-state index is -0.820. The summed E-state index contributed by atoms with van der Waals surface area (Å²) in [5.74, 6) is -0.277. The first kappa shape index (κ1) is 11.3. The second-order valence-corrected chi connectivity index (χ2v) is 4.98. The lowest BCUT2D eigenvalue weighted by molar-refractivity contribution is 0.218. The summed E-state index contributed by atoms with van der Waals surface area (Å²) >= 11 is 1.42. The molecule has 2 aromatic heterocycles. The summed E-state index contributed by atoms with van der Waals surface area (Å²) in [5, 5.41) is 11.0. The van der Waals surface area contributed by atoms with Crippen molar-refractivity contribution in [3.05, 3.63) is 59.2 Å². The van der Waals surface area contributed by atoms with Crippen LogP contribution in [0.25, 0.3) is 10.1 Å². The van der Waals surface area contributed by atoms with Crippen LogP contribution in [-0.4, -0.2) is 15.1 Å². The van der Waals surface area contributed by atoms with E-state index in [4.69, 9.17) is 0 Å². The van der Waals surface area contributed by atoms with Gasteiger partial charge in [0.2, 0.25) is 0 Å². The first-order valence-corrected chi connectivity index (χ1v) is 6.18. The van der Waals surface area contributed by atoms with Crippen molar-refractivity contribution in [3.8, 4) is 0 Å². The molecule has 3 rings (SSSR count). The van der Waals surface area contributed by atoms with Crippen LogP contribution in [0, 0.1) is 5.82 Å². The number of aliphatic hydroxyl groups is 1. The third-order valence-electron chi connectivity index (χ3n) is 2.63. The number of rotatable bonds is 2. The molecular weight excluding hydrogens is 251 g/mol. The van der Waals surface area contributed by atoms with Gasteiger partial charge < -0.3 is 5.11 Å². The van der Waals surface area contributed by atoms with Gasteiger partial charge in [0.05, 0.1) is 11.9 Å². The van der Waals surface area contributed by atoms with E-state index >= 15 is 0 Å². The first-order valence-electron chi connectivity index (χ1n) is 5.37. The third-order valence-corrected chi connectivity index (χ3v) is 3.80. The Morgan fingerprint density at radius 1 is 1.22 bits per heavy atom. The van der Waals surface area contributed by atoms with Gasteiger partial charge >= 0.3 is 0 Å². The molecule has 0 aliphatic heterocycles. The molecule has 2 heterocycles. The standard InChI is InChI=1S/C13H9FN2OS/c14-9-1-2-11-8(5-9)6-12(18-11)13(17)10-7-15-3-4-16-10/h1-7,13,17H. The van der Waals surface area contributed by atoms with Gasteiger partial charge in [0.25, 0.3) is 0 Å². The second kappa shape index (κ2) is 4.44. The summed E-state index contributed by atoms with van der Waals surface area (Å²) in [6.45, 7) is 0. The van der Waals surface area contributed by atoms with Crippen molar-refractivity contribution >= 4 is 21.4 Å². The maximum atomic E-state index is 13.1. The average molecular weight is 260 g/mol. The van der Waals surface area contributed by atoms with Gasteiger partial charge in [-0.05, 0) is 29.7 Å². The molecule has 0 bridgehead atoms. The van der Waals surface area contributed by atoms with Crippen LogP contribution in [0.5, 0.6) is 0 Å². The molecular formula is C13H9FN2OS. The second-order valence-electron chi connectivity index (χ2n) is 3.86. The normalized spacial score (nSPS) is 12.8. The molecule has 0 amide bonds. The van der Waals surface area contributed by atoms with Gasteiger partial charge in [-0.2, -0.15) is 0 Å². The Kier molecular flexibility index (Phi) is 2.77. The fourth-order valence-electron chi connectivity index (χ4n) is 1.77. The SMILES string of the molecule is OC(c1cnccn1)c1cc2cc(F)ccc2s1. The lowest BCUT2D eigenvalue weighted by Gasteiger charge is -2.05. The fraction of sp³-hybridized carbons (Fsp3) is 0.0769. The summed E-state index contributed by atoms with van der Waals surface area (Å²) in [7, 11) is 0. The summed E-state index contributed by atoms with van der Waals surface area (Å²) in [6.07, 6.45) is 3.79. The number of benzene rings is 1. The van der Waals surface area contributed by atoms with Crippen molar-refractivity contribution in [2.45, 2.75) is 6.10 Å². The van der Waals surface area contributed by atoms with E-state index in [9.17, 15) is 9.50 Å². The zero-order chi connectivity index (χ0) is 12.5. The predicted octanol–water partition coefficient (Wildman–Crippen LogP) is 2.91. The monoisotopic (exact) mass is 260 g/mol. The highest BCUT2D eigenvalue weighted by molar-refractivity contribution is 7.19. The van der Waals surface area contributed by atoms with E-state index in [-0.39, 0.29) is 5.82 Å². The molecule has 1 aromatic carbocycles. The Labute approximate surface area is 107 Å². The van der Waals surface area contributed by atoms with Crippen LogP contribution >= 0.6 is 11.3 Å². The maximum absolute atomic E-state index is 13.1. The quantitative estimate of drug-likeness (QED) is 0.770. The van der Waals surface area contributed by atoms with E-state index in [2.05, 4.69) is 9.97 Å². The Balaban J connectivity index is 2.04. The number of aromatic nitrogens is 2. The zero-order valence-corrected chi connectivity index (χ0v) is 10.1. The van der Waals surface area contributed by atoms with E-state index in [0.717, 1.165) is 15.0 Å². The van der Waals surface area contributed by atoms with Crippen LogP contribution in [0.3, 0.4) is 0 Å². The summed E-state index contributed by atoms with van der Waals surface area (Å²) < 4.78 is 14.0. The van der Waals surface area contributed by atoms with Gasteiger partial charge in [-0.25, -0.2) is 4.39 Å². The lowest BCUT2D eigenvalue weighted by Crippen LogP contribution is -2.00. The number of thiophene rings is 1. The maximum Gasteiger partial charge on any atom is 0.132 e. The number of hydrogen-bond donors (Lipinski definition) is 1. The van der Waals surface area contributed by atoms with Crippen LogP contribution in [0.2, 0.25) is 0 Å². The Morgan fingerprint density at radius 3 is 2.89 bits per heavy atom. The molecule has 1 unspecified atom stereocenters. The van der Waals surface area contributed by atoms with Crippen LogP contribution in [-0.2, 0) is 0 Å². The zero-order valence-electron chi connectivity index (χ0n) is 9.25. The van der Waals surface area contributed by atoms with Crippen LogP contribution < -0.4 is 0 Å². The largest absolute Gasteiger partial charge is 0.381 e. The molecule has 0 spiro atoms. The number of halogens is 1. The van der Waals surface area contributed by atoms with Crippen LogP contribution in [0.4, 0.5) is 4.39 Å². The van der Waals surface area contributed by atoms with Gasteiger partial charge in [-0.3, -0.25) is 9.97 Å². The van der Waals surface area contributed by atoms with Gasteiger partial charge in [-0.1, -0.05) is 0 Å². The van der Waals surface area contributed by atoms with Crippen molar-refractivity contribution < 1.29 is 9.50 Å². The highest BCUT2D eigenvalue weighted by Crippen LogP contribution is 2.32. The molecule has 0 saturated carbocycles. The van der Waals surface area contributed by atoms with E-state index in [0.29, 0.717) is 5.69 Å². The smallest absolute Gasteiger partial charge is 0.132 e. The van der Waals surface area contributed by atoms with Crippen molar-refractivity contribution in [1.29, 1.82) is 0 Å². The molecule has 0 saturated heterocycles. The highest BCUT2D eigenvalue weighted by atomic mass is 32.1. The molecule has 0 aliphatic carbocycles. The molecule has 0 fully saturated rings. The Hall–Kier alpha value is -1.85. The number of aliphatic hydroxyl groups excluding tert-OH is 1. The summed E-state index contributed by atoms with van der Waals surface area (Å²) in [6, 6.07) is 6.36. The summed E-state index contributed by atoms with van der Waals surface area (Å²) in [4.78, 5) is 8.72. The van der Waals surface area contributed by atoms with Crippen molar-refractivity contribution in [2.75, 3.05) is 0 Å². The van der Waals surface area contributed by atoms with Crippen LogP contribution in [0.15, 0.2) is 42.9 Å². The Morgan fingerprint density at radius 2 is 2.11 bits per heavy atom. The van der Waals surface area contributed by atoms with Crippen LogP contribution in [0.1, 0.15) is 16.7 Å². The van der Waals surface area contributed by atoms with Gasteiger partial charge in [-0.15, -0.1) is 11.3 Å². The third kappa shape index (κ3) is 1.98. The van der Waals surface area contributed by atoms with Crippen molar-refractivity contribution in [3.63, 3.8) is 0 Å². The van der Waals surface area contributed by atoms with Crippen molar-refractivity contribution in [1.82, 2.24) is 9.97 Å². The van der Waals surface area contributed by atoms with E-state index in [1.807, 2.05) is 0 Å². The Bertz CT molecular complexity index is 684. The van der Waals surface area contributed by atoms with Crippen molar-refractivity contribution in [2.24, 2.45) is 0 Å². The molecule has 1 N–H and O–H groups in total. The predicted molar refractivity (Wildman–Crippen MR) is 67.9 cm³/mol. The van der Waals surface area contributed by atoms with E-state index in [1.54, 1.807) is 18.3 Å². The van der Waals surface area contributed by atoms with Gasteiger partial charge in [0.1, 0.15) is 11.9 Å². The fourth-order valence-corrected chi connectivity index (χ4v) is 2.81. The average Bonchev–Trinajstić information content (AvgIpc) is 2.81. The summed E-state index contributed by atoms with van der Waals surface area (Å²) in [5.41, 5.74) is 0.490. The molecule has 1 atom stereocenters. The van der Waals surface area contributed by atoms with E-state index < -0.39 is 6.10 Å². The molecule has 3 nitrogen and oxygen atoms in total. The topological polar surface area (TPSA) is 46.0 Å². The number of fused-ring (bicyclic) bond motifs is 1. The molecule has 90 valence electrons. The first-order chi connectivity index (χ1) is 8.74. The molecule has 0 radical (unpaired) electrons. The molecule has 3 aromatic rings. The highest BCUT2D eigenvalue weighted by Gasteiger charge is 2.15. The lowest BCUT2D eigenvalue weighted by atomic mass is 10.2. The molecule has 18 heavy (non-hydrogen) atoms. The minimum Gasteiger partial charge on any atom is -0.381 e. The minimum absolute atomic E-state index is 0.277. The molecule has 5 heteroatoms.